The quantitative estimate of drug-likeness (QED) is 0.241. The molecule has 0 aromatic heterocycles. The van der Waals surface area contributed by atoms with Crippen molar-refractivity contribution in [3.8, 4) is 0 Å². The fourth-order valence-electron chi connectivity index (χ4n) is 3.27. The Balaban J connectivity index is 1.83. The van der Waals surface area contributed by atoms with Gasteiger partial charge in [0.2, 0.25) is 0 Å². The largest absolute Gasteiger partial charge is 0.301 e. The zero-order chi connectivity index (χ0) is 22.7. The lowest BCUT2D eigenvalue weighted by atomic mass is 9.99. The lowest BCUT2D eigenvalue weighted by Gasteiger charge is -2.11. The Bertz CT molecular complexity index is 1390. The third-order valence-corrected chi connectivity index (χ3v) is 4.83. The Kier molecular flexibility index (Phi) is 5.54. The number of nitrogens with one attached hydrogen (secondary N) is 1. The monoisotopic (exact) mass is 430 g/mol. The zero-order valence-electron chi connectivity index (χ0n) is 16.4. The number of non-ortho nitro benzene ring substituents is 1. The second-order valence-electron chi connectivity index (χ2n) is 6.83. The molecule has 0 bridgehead atoms. The predicted octanol–water partition coefficient (Wildman–Crippen LogP) is 5.66. The first kappa shape index (κ1) is 20.6. The molecular weight excluding hydrogens is 415 g/mol. The summed E-state index contributed by atoms with van der Waals surface area (Å²) in [5, 5.41) is 28.6. The molecule has 0 saturated heterocycles. The maximum atomic E-state index is 14.6. The highest BCUT2D eigenvalue weighted by molar-refractivity contribution is 6.14. The average molecular weight is 430 g/mol. The fourth-order valence-corrected chi connectivity index (χ4v) is 3.27. The molecule has 158 valence electrons. The third-order valence-electron chi connectivity index (χ3n) is 4.83. The molecule has 0 fully saturated rings. The van der Waals surface area contributed by atoms with Crippen molar-refractivity contribution in [2.45, 2.75) is 0 Å². The molecule has 0 radical (unpaired) electrons. The second-order valence-corrected chi connectivity index (χ2v) is 6.83. The zero-order valence-corrected chi connectivity index (χ0v) is 16.4. The van der Waals surface area contributed by atoms with Crippen LogP contribution in [0.2, 0.25) is 0 Å². The van der Waals surface area contributed by atoms with Gasteiger partial charge in [-0.25, -0.2) is 4.39 Å². The first-order valence-corrected chi connectivity index (χ1v) is 9.44. The van der Waals surface area contributed by atoms with Gasteiger partial charge in [0.05, 0.1) is 15.9 Å². The standard InChI is InChI=1S/C23H15FN4O4/c24-20-8-4-3-7-19(20)23(17-10-9-15-5-1-2-6-16(15)13-17)26-25-21-12-11-18(27(29)30)14-22(21)28(31)32/h1-14,25H/b26-23-. The van der Waals surface area contributed by atoms with Crippen molar-refractivity contribution >= 4 is 33.5 Å². The molecule has 0 aliphatic heterocycles. The average Bonchev–Trinajstić information content (AvgIpc) is 2.80. The predicted molar refractivity (Wildman–Crippen MR) is 119 cm³/mol. The van der Waals surface area contributed by atoms with Crippen LogP contribution in [-0.2, 0) is 0 Å². The fraction of sp³-hybridized carbons (Fsp3) is 0. The molecule has 0 aliphatic carbocycles. The molecule has 4 aromatic rings. The first-order chi connectivity index (χ1) is 15.4. The van der Waals surface area contributed by atoms with Crippen LogP contribution >= 0.6 is 0 Å². The summed E-state index contributed by atoms with van der Waals surface area (Å²) in [6.45, 7) is 0. The van der Waals surface area contributed by atoms with Gasteiger partial charge in [0.15, 0.2) is 0 Å². The highest BCUT2D eigenvalue weighted by Gasteiger charge is 2.20. The van der Waals surface area contributed by atoms with E-state index < -0.39 is 27.0 Å². The molecule has 0 atom stereocenters. The molecule has 1 N–H and O–H groups in total. The molecule has 0 heterocycles. The van der Waals surface area contributed by atoms with Crippen molar-refractivity contribution in [1.82, 2.24) is 0 Å². The number of fused-ring (bicyclic) bond motifs is 1. The molecule has 4 aromatic carbocycles. The van der Waals surface area contributed by atoms with E-state index in [-0.39, 0.29) is 17.0 Å². The molecule has 0 aliphatic rings. The van der Waals surface area contributed by atoms with E-state index in [0.29, 0.717) is 5.56 Å². The maximum Gasteiger partial charge on any atom is 0.301 e. The number of nitro benzene ring substituents is 2. The summed E-state index contributed by atoms with van der Waals surface area (Å²) in [6, 6.07) is 22.3. The molecule has 0 unspecified atom stereocenters. The summed E-state index contributed by atoms with van der Waals surface area (Å²) in [5.74, 6) is -0.514. The van der Waals surface area contributed by atoms with Crippen LogP contribution in [0, 0.1) is 26.0 Å². The maximum absolute atomic E-state index is 14.6. The lowest BCUT2D eigenvalue weighted by molar-refractivity contribution is -0.393. The molecule has 0 spiro atoms. The van der Waals surface area contributed by atoms with Gasteiger partial charge in [-0.05, 0) is 35.0 Å². The van der Waals surface area contributed by atoms with E-state index in [9.17, 15) is 24.6 Å². The molecule has 0 amide bonds. The number of hydrazone groups is 1. The van der Waals surface area contributed by atoms with Crippen LogP contribution in [0.15, 0.2) is 90.0 Å². The van der Waals surface area contributed by atoms with Crippen LogP contribution in [0.25, 0.3) is 10.8 Å². The van der Waals surface area contributed by atoms with E-state index in [1.165, 1.54) is 12.1 Å². The Morgan fingerprint density at radius 1 is 0.812 bits per heavy atom. The number of anilines is 1. The normalized spacial score (nSPS) is 11.3. The number of rotatable bonds is 6. The Hall–Kier alpha value is -4.66. The van der Waals surface area contributed by atoms with E-state index in [4.69, 9.17) is 0 Å². The van der Waals surface area contributed by atoms with Gasteiger partial charge in [-0.1, -0.05) is 48.5 Å². The van der Waals surface area contributed by atoms with Crippen molar-refractivity contribution in [1.29, 1.82) is 0 Å². The van der Waals surface area contributed by atoms with E-state index in [1.54, 1.807) is 24.3 Å². The minimum Gasteiger partial charge on any atom is -0.271 e. The number of hydrogen-bond acceptors (Lipinski definition) is 6. The van der Waals surface area contributed by atoms with E-state index in [0.717, 1.165) is 22.9 Å². The minimum atomic E-state index is -0.746. The summed E-state index contributed by atoms with van der Waals surface area (Å²) in [5.41, 5.74) is 2.60. The van der Waals surface area contributed by atoms with Gasteiger partial charge in [-0.2, -0.15) is 5.10 Å². The highest BCUT2D eigenvalue weighted by Crippen LogP contribution is 2.29. The van der Waals surface area contributed by atoms with Gasteiger partial charge >= 0.3 is 5.69 Å². The SMILES string of the molecule is O=[N+]([O-])c1ccc(N/N=C(/c2ccc3ccccc3c2)c2ccccc2F)c([N+](=O)[O-])c1. The van der Waals surface area contributed by atoms with Crippen LogP contribution in [-0.4, -0.2) is 15.6 Å². The summed E-state index contributed by atoms with van der Waals surface area (Å²) < 4.78 is 14.6. The molecule has 4 rings (SSSR count). The summed E-state index contributed by atoms with van der Waals surface area (Å²) in [4.78, 5) is 20.9. The first-order valence-electron chi connectivity index (χ1n) is 9.44. The number of halogens is 1. The van der Waals surface area contributed by atoms with Crippen LogP contribution in [0.5, 0.6) is 0 Å². The van der Waals surface area contributed by atoms with Gasteiger partial charge in [0.1, 0.15) is 17.2 Å². The van der Waals surface area contributed by atoms with Gasteiger partial charge in [0, 0.05) is 17.2 Å². The molecule has 9 heteroatoms. The number of nitrogens with zero attached hydrogens (tertiary/aromatic N) is 3. The molecular formula is C23H15FN4O4. The summed E-state index contributed by atoms with van der Waals surface area (Å²) in [7, 11) is 0. The molecule has 8 nitrogen and oxygen atoms in total. The van der Waals surface area contributed by atoms with Crippen LogP contribution in [0.1, 0.15) is 11.1 Å². The van der Waals surface area contributed by atoms with E-state index in [2.05, 4.69) is 10.5 Å². The van der Waals surface area contributed by atoms with Crippen molar-refractivity contribution in [3.05, 3.63) is 122 Å². The third kappa shape index (κ3) is 4.12. The number of benzene rings is 4. The van der Waals surface area contributed by atoms with Crippen molar-refractivity contribution in [2.75, 3.05) is 5.43 Å². The number of hydrogen-bond donors (Lipinski definition) is 1. The summed E-state index contributed by atoms with van der Waals surface area (Å²) in [6.07, 6.45) is 0. The highest BCUT2D eigenvalue weighted by atomic mass is 19.1. The van der Waals surface area contributed by atoms with Crippen molar-refractivity contribution in [3.63, 3.8) is 0 Å². The molecule has 32 heavy (non-hydrogen) atoms. The van der Waals surface area contributed by atoms with Crippen molar-refractivity contribution < 1.29 is 14.2 Å². The summed E-state index contributed by atoms with van der Waals surface area (Å²) >= 11 is 0. The van der Waals surface area contributed by atoms with Gasteiger partial charge in [0.25, 0.3) is 5.69 Å². The van der Waals surface area contributed by atoms with Crippen molar-refractivity contribution in [2.24, 2.45) is 5.10 Å². The lowest BCUT2D eigenvalue weighted by Crippen LogP contribution is -2.09. The number of nitro groups is 2. The van der Waals surface area contributed by atoms with Gasteiger partial charge < -0.3 is 0 Å². The second kappa shape index (κ2) is 8.60. The van der Waals surface area contributed by atoms with Crippen LogP contribution in [0.4, 0.5) is 21.5 Å². The van der Waals surface area contributed by atoms with Gasteiger partial charge in [-0.15, -0.1) is 0 Å². The smallest absolute Gasteiger partial charge is 0.271 e. The molecule has 0 saturated carbocycles. The topological polar surface area (TPSA) is 111 Å². The van der Waals surface area contributed by atoms with Gasteiger partial charge in [-0.3, -0.25) is 25.7 Å². The van der Waals surface area contributed by atoms with E-state index in [1.807, 2.05) is 36.4 Å². The minimum absolute atomic E-state index is 0.0600. The Morgan fingerprint density at radius 2 is 1.53 bits per heavy atom. The van der Waals surface area contributed by atoms with E-state index >= 15 is 0 Å². The van der Waals surface area contributed by atoms with Crippen LogP contribution < -0.4 is 5.43 Å². The Labute approximate surface area is 180 Å². The Morgan fingerprint density at radius 3 is 2.25 bits per heavy atom. The van der Waals surface area contributed by atoms with Crippen LogP contribution in [0.3, 0.4) is 0 Å².